The Bertz CT molecular complexity index is 686. The summed E-state index contributed by atoms with van der Waals surface area (Å²) in [4.78, 5) is 0. The van der Waals surface area contributed by atoms with Gasteiger partial charge in [-0.2, -0.15) is 0 Å². The summed E-state index contributed by atoms with van der Waals surface area (Å²) in [5, 5.41) is 9.50. The first kappa shape index (κ1) is 11.5. The summed E-state index contributed by atoms with van der Waals surface area (Å²) in [6, 6.07) is 13.3. The van der Waals surface area contributed by atoms with E-state index in [1.54, 1.807) is 4.68 Å². The number of halogens is 2. The zero-order valence-corrected chi connectivity index (χ0v) is 10.9. The molecule has 0 aliphatic heterocycles. The van der Waals surface area contributed by atoms with Crippen LogP contribution in [-0.4, -0.2) is 15.0 Å². The quantitative estimate of drug-likeness (QED) is 0.714. The zero-order valence-electron chi connectivity index (χ0n) is 9.35. The van der Waals surface area contributed by atoms with E-state index in [1.165, 1.54) is 0 Å². The maximum absolute atomic E-state index is 6.15. The van der Waals surface area contributed by atoms with Crippen molar-refractivity contribution in [3.05, 3.63) is 58.1 Å². The summed E-state index contributed by atoms with van der Waals surface area (Å²) in [6.07, 6.45) is 0. The monoisotopic (exact) mass is 277 g/mol. The Morgan fingerprint density at radius 2 is 1.67 bits per heavy atom. The fourth-order valence-corrected chi connectivity index (χ4v) is 2.38. The molecule has 0 saturated heterocycles. The lowest BCUT2D eigenvalue weighted by molar-refractivity contribution is 0.670. The van der Waals surface area contributed by atoms with Gasteiger partial charge in [-0.05, 0) is 24.3 Å². The molecule has 1 aromatic heterocycles. The van der Waals surface area contributed by atoms with Crippen LogP contribution in [0.25, 0.3) is 11.0 Å². The molecule has 0 spiro atoms. The van der Waals surface area contributed by atoms with E-state index in [9.17, 15) is 0 Å². The number of hydrogen-bond donors (Lipinski definition) is 0. The Kier molecular flexibility index (Phi) is 2.94. The van der Waals surface area contributed by atoms with Gasteiger partial charge in [-0.25, -0.2) is 4.68 Å². The second-order valence-electron chi connectivity index (χ2n) is 3.94. The van der Waals surface area contributed by atoms with E-state index in [-0.39, 0.29) is 0 Å². The molecule has 3 rings (SSSR count). The standard InChI is InChI=1S/C13H9Cl2N3/c14-10-4-3-5-11(15)9(10)8-18-13-7-2-1-6-12(13)16-17-18/h1-7H,8H2. The highest BCUT2D eigenvalue weighted by Gasteiger charge is 2.09. The third-order valence-corrected chi connectivity index (χ3v) is 3.50. The van der Waals surface area contributed by atoms with E-state index in [1.807, 2.05) is 42.5 Å². The summed E-state index contributed by atoms with van der Waals surface area (Å²) in [5.74, 6) is 0. The predicted octanol–water partition coefficient (Wildman–Crippen LogP) is 3.79. The number of aromatic nitrogens is 3. The van der Waals surface area contributed by atoms with Crippen molar-refractivity contribution < 1.29 is 0 Å². The first-order valence-electron chi connectivity index (χ1n) is 5.47. The molecule has 1 heterocycles. The second kappa shape index (κ2) is 4.59. The summed E-state index contributed by atoms with van der Waals surface area (Å²) >= 11 is 12.3. The van der Waals surface area contributed by atoms with Gasteiger partial charge in [0, 0.05) is 15.6 Å². The van der Waals surface area contributed by atoms with E-state index in [4.69, 9.17) is 23.2 Å². The van der Waals surface area contributed by atoms with Gasteiger partial charge in [0.2, 0.25) is 0 Å². The number of hydrogen-bond acceptors (Lipinski definition) is 2. The van der Waals surface area contributed by atoms with Gasteiger partial charge in [0.1, 0.15) is 5.52 Å². The molecule has 0 amide bonds. The minimum Gasteiger partial charge on any atom is -0.240 e. The molecule has 0 saturated carbocycles. The van der Waals surface area contributed by atoms with Crippen molar-refractivity contribution in [1.29, 1.82) is 0 Å². The average Bonchev–Trinajstić information content (AvgIpc) is 2.77. The summed E-state index contributed by atoms with van der Waals surface area (Å²) in [5.41, 5.74) is 2.69. The van der Waals surface area contributed by atoms with Crippen LogP contribution < -0.4 is 0 Å². The van der Waals surface area contributed by atoms with Crippen LogP contribution >= 0.6 is 23.2 Å². The molecule has 0 aliphatic carbocycles. The fourth-order valence-electron chi connectivity index (χ4n) is 1.87. The summed E-state index contributed by atoms with van der Waals surface area (Å²) < 4.78 is 1.79. The van der Waals surface area contributed by atoms with Crippen molar-refractivity contribution in [3.8, 4) is 0 Å². The molecule has 5 heteroatoms. The van der Waals surface area contributed by atoms with Crippen LogP contribution in [0.5, 0.6) is 0 Å². The first-order valence-corrected chi connectivity index (χ1v) is 6.22. The molecule has 3 aromatic rings. The lowest BCUT2D eigenvalue weighted by Gasteiger charge is -2.07. The fraction of sp³-hybridized carbons (Fsp3) is 0.0769. The smallest absolute Gasteiger partial charge is 0.113 e. The Morgan fingerprint density at radius 3 is 2.44 bits per heavy atom. The van der Waals surface area contributed by atoms with Crippen molar-refractivity contribution in [2.45, 2.75) is 6.54 Å². The minimum atomic E-state index is 0.513. The molecule has 0 unspecified atom stereocenters. The van der Waals surface area contributed by atoms with Gasteiger partial charge >= 0.3 is 0 Å². The molecule has 2 aromatic carbocycles. The molecule has 90 valence electrons. The Balaban J connectivity index is 2.07. The maximum Gasteiger partial charge on any atom is 0.113 e. The third-order valence-electron chi connectivity index (χ3n) is 2.79. The molecular weight excluding hydrogens is 269 g/mol. The molecule has 0 fully saturated rings. The maximum atomic E-state index is 6.15. The van der Waals surface area contributed by atoms with Gasteiger partial charge in [-0.1, -0.05) is 46.6 Å². The second-order valence-corrected chi connectivity index (χ2v) is 4.75. The molecule has 18 heavy (non-hydrogen) atoms. The Morgan fingerprint density at radius 1 is 0.944 bits per heavy atom. The number of nitrogens with zero attached hydrogens (tertiary/aromatic N) is 3. The number of benzene rings is 2. The highest BCUT2D eigenvalue weighted by molar-refractivity contribution is 6.35. The molecular formula is C13H9Cl2N3. The highest BCUT2D eigenvalue weighted by atomic mass is 35.5. The van der Waals surface area contributed by atoms with E-state index < -0.39 is 0 Å². The van der Waals surface area contributed by atoms with Gasteiger partial charge in [-0.15, -0.1) is 5.10 Å². The lowest BCUT2D eigenvalue weighted by Crippen LogP contribution is -2.03. The van der Waals surface area contributed by atoms with Crippen LogP contribution in [0, 0.1) is 0 Å². The Labute approximate surface area is 114 Å². The molecule has 3 nitrogen and oxygen atoms in total. The average molecular weight is 278 g/mol. The number of rotatable bonds is 2. The van der Waals surface area contributed by atoms with Crippen LogP contribution in [0.1, 0.15) is 5.56 Å². The topological polar surface area (TPSA) is 30.7 Å². The van der Waals surface area contributed by atoms with Gasteiger partial charge in [0.25, 0.3) is 0 Å². The van der Waals surface area contributed by atoms with Crippen molar-refractivity contribution >= 4 is 34.2 Å². The van der Waals surface area contributed by atoms with E-state index in [0.29, 0.717) is 16.6 Å². The number of para-hydroxylation sites is 1. The van der Waals surface area contributed by atoms with Crippen LogP contribution in [0.2, 0.25) is 10.0 Å². The van der Waals surface area contributed by atoms with Gasteiger partial charge in [0.05, 0.1) is 12.1 Å². The summed E-state index contributed by atoms with van der Waals surface area (Å²) in [6.45, 7) is 0.513. The lowest BCUT2D eigenvalue weighted by atomic mass is 10.2. The molecule has 0 N–H and O–H groups in total. The zero-order chi connectivity index (χ0) is 12.5. The van der Waals surface area contributed by atoms with E-state index >= 15 is 0 Å². The molecule has 0 atom stereocenters. The summed E-state index contributed by atoms with van der Waals surface area (Å²) in [7, 11) is 0. The van der Waals surface area contributed by atoms with E-state index in [0.717, 1.165) is 16.6 Å². The highest BCUT2D eigenvalue weighted by Crippen LogP contribution is 2.25. The van der Waals surface area contributed by atoms with Crippen LogP contribution in [0.3, 0.4) is 0 Å². The van der Waals surface area contributed by atoms with Crippen LogP contribution in [-0.2, 0) is 6.54 Å². The largest absolute Gasteiger partial charge is 0.240 e. The molecule has 0 aliphatic rings. The van der Waals surface area contributed by atoms with Gasteiger partial charge in [-0.3, -0.25) is 0 Å². The predicted molar refractivity (Wildman–Crippen MR) is 73.1 cm³/mol. The van der Waals surface area contributed by atoms with Crippen molar-refractivity contribution in [2.75, 3.05) is 0 Å². The van der Waals surface area contributed by atoms with Crippen LogP contribution in [0.15, 0.2) is 42.5 Å². The molecule has 0 radical (unpaired) electrons. The SMILES string of the molecule is Clc1cccc(Cl)c1Cn1nnc2ccccc21. The molecule has 0 bridgehead atoms. The van der Waals surface area contributed by atoms with Gasteiger partial charge < -0.3 is 0 Å². The van der Waals surface area contributed by atoms with Crippen molar-refractivity contribution in [3.63, 3.8) is 0 Å². The third kappa shape index (κ3) is 1.96. The van der Waals surface area contributed by atoms with Crippen molar-refractivity contribution in [1.82, 2.24) is 15.0 Å². The normalized spacial score (nSPS) is 11.0. The van der Waals surface area contributed by atoms with Crippen molar-refractivity contribution in [2.24, 2.45) is 0 Å². The number of fused-ring (bicyclic) bond motifs is 1. The Hall–Kier alpha value is -1.58. The van der Waals surface area contributed by atoms with Gasteiger partial charge in [0.15, 0.2) is 0 Å². The van der Waals surface area contributed by atoms with Crippen LogP contribution in [0.4, 0.5) is 0 Å². The minimum absolute atomic E-state index is 0.513. The first-order chi connectivity index (χ1) is 8.75. The van der Waals surface area contributed by atoms with E-state index in [2.05, 4.69) is 10.3 Å².